The van der Waals surface area contributed by atoms with Gasteiger partial charge in [-0.1, -0.05) is 6.92 Å². The average molecular weight is 374 g/mol. The highest BCUT2D eigenvalue weighted by molar-refractivity contribution is 9.11. The first kappa shape index (κ1) is 16.5. The molecule has 0 aromatic carbocycles. The van der Waals surface area contributed by atoms with Crippen LogP contribution in [-0.2, 0) is 4.79 Å². The smallest absolute Gasteiger partial charge is 0.262 e. The van der Waals surface area contributed by atoms with Crippen molar-refractivity contribution in [2.45, 2.75) is 32.4 Å². The van der Waals surface area contributed by atoms with Gasteiger partial charge in [0.1, 0.15) is 6.04 Å². The molecule has 0 aliphatic carbocycles. The van der Waals surface area contributed by atoms with Gasteiger partial charge >= 0.3 is 0 Å². The third-order valence-electron chi connectivity index (χ3n) is 3.65. The zero-order valence-corrected chi connectivity index (χ0v) is 14.5. The Labute approximate surface area is 137 Å². The quantitative estimate of drug-likeness (QED) is 0.752. The first-order valence-electron chi connectivity index (χ1n) is 7.04. The molecule has 21 heavy (non-hydrogen) atoms. The van der Waals surface area contributed by atoms with Gasteiger partial charge in [-0.3, -0.25) is 9.59 Å². The average Bonchev–Trinajstić information content (AvgIpc) is 2.88. The Morgan fingerprint density at radius 1 is 1.48 bits per heavy atom. The van der Waals surface area contributed by atoms with Gasteiger partial charge in [0.05, 0.1) is 8.66 Å². The van der Waals surface area contributed by atoms with Crippen molar-refractivity contribution in [3.63, 3.8) is 0 Å². The molecule has 3 unspecified atom stereocenters. The van der Waals surface area contributed by atoms with Crippen LogP contribution in [0.4, 0.5) is 0 Å². The first-order chi connectivity index (χ1) is 9.97. The molecule has 2 rings (SSSR count). The summed E-state index contributed by atoms with van der Waals surface area (Å²) in [6, 6.07) is 3.19. The van der Waals surface area contributed by atoms with Crippen LogP contribution in [0.5, 0.6) is 0 Å². The van der Waals surface area contributed by atoms with Crippen molar-refractivity contribution in [3.05, 3.63) is 20.8 Å². The van der Waals surface area contributed by atoms with Crippen LogP contribution in [0, 0.1) is 5.92 Å². The van der Waals surface area contributed by atoms with Gasteiger partial charge in [-0.15, -0.1) is 11.3 Å². The summed E-state index contributed by atoms with van der Waals surface area (Å²) in [5.74, 6) is 0.0586. The van der Waals surface area contributed by atoms with E-state index in [4.69, 9.17) is 0 Å². The molecule has 0 radical (unpaired) electrons. The number of piperidine rings is 1. The van der Waals surface area contributed by atoms with Crippen molar-refractivity contribution in [1.82, 2.24) is 16.0 Å². The molecule has 5 nitrogen and oxygen atoms in total. The molecule has 2 amide bonds. The van der Waals surface area contributed by atoms with Gasteiger partial charge in [0, 0.05) is 6.04 Å². The molecule has 2 heterocycles. The van der Waals surface area contributed by atoms with E-state index in [0.717, 1.165) is 23.3 Å². The summed E-state index contributed by atoms with van der Waals surface area (Å²) < 4.78 is 0.897. The number of thiophene rings is 1. The molecule has 116 valence electrons. The Balaban J connectivity index is 1.86. The minimum absolute atomic E-state index is 0.127. The lowest BCUT2D eigenvalue weighted by Gasteiger charge is -2.31. The highest BCUT2D eigenvalue weighted by atomic mass is 79.9. The standard InChI is InChI=1S/C14H20BrN3O2S/c1-8-7-16-6-5-10(8)18-13(19)9(2)17-14(20)11-3-4-12(15)21-11/h3-4,8-10,16H,5-7H2,1-2H3,(H,17,20)(H,18,19). The van der Waals surface area contributed by atoms with Crippen LogP contribution in [0.1, 0.15) is 29.9 Å². The number of rotatable bonds is 4. The molecule has 3 N–H and O–H groups in total. The lowest BCUT2D eigenvalue weighted by molar-refractivity contribution is -0.123. The van der Waals surface area contributed by atoms with Crippen LogP contribution >= 0.6 is 27.3 Å². The van der Waals surface area contributed by atoms with Crippen LogP contribution in [0.2, 0.25) is 0 Å². The molecule has 1 saturated heterocycles. The summed E-state index contributed by atoms with van der Waals surface area (Å²) in [6.45, 7) is 5.65. The van der Waals surface area contributed by atoms with E-state index in [0.29, 0.717) is 10.8 Å². The van der Waals surface area contributed by atoms with E-state index in [1.807, 2.05) is 6.07 Å². The minimum Gasteiger partial charge on any atom is -0.351 e. The van der Waals surface area contributed by atoms with Crippen LogP contribution in [0.3, 0.4) is 0 Å². The fraction of sp³-hybridized carbons (Fsp3) is 0.571. The molecule has 1 fully saturated rings. The van der Waals surface area contributed by atoms with Gasteiger partial charge < -0.3 is 16.0 Å². The fourth-order valence-corrected chi connectivity index (χ4v) is 3.60. The van der Waals surface area contributed by atoms with E-state index in [-0.39, 0.29) is 17.9 Å². The Kier molecular flexibility index (Phi) is 5.78. The van der Waals surface area contributed by atoms with Crippen molar-refractivity contribution in [2.24, 2.45) is 5.92 Å². The second-order valence-corrected chi connectivity index (χ2v) is 7.85. The van der Waals surface area contributed by atoms with Crippen molar-refractivity contribution in [3.8, 4) is 0 Å². The predicted molar refractivity (Wildman–Crippen MR) is 87.5 cm³/mol. The number of hydrogen-bond acceptors (Lipinski definition) is 4. The summed E-state index contributed by atoms with van der Waals surface area (Å²) in [5, 5.41) is 9.07. The Morgan fingerprint density at radius 2 is 2.24 bits per heavy atom. The fourth-order valence-electron chi connectivity index (χ4n) is 2.31. The summed E-state index contributed by atoms with van der Waals surface area (Å²) in [4.78, 5) is 24.8. The SMILES string of the molecule is CC(NC(=O)c1ccc(Br)s1)C(=O)NC1CCNCC1C. The number of amides is 2. The van der Waals surface area contributed by atoms with E-state index in [1.165, 1.54) is 11.3 Å². The van der Waals surface area contributed by atoms with Gasteiger partial charge in [0.2, 0.25) is 5.91 Å². The highest BCUT2D eigenvalue weighted by Gasteiger charge is 2.25. The second-order valence-electron chi connectivity index (χ2n) is 5.38. The van der Waals surface area contributed by atoms with E-state index in [2.05, 4.69) is 38.8 Å². The van der Waals surface area contributed by atoms with Crippen LogP contribution in [-0.4, -0.2) is 37.0 Å². The molecule has 0 spiro atoms. The number of halogens is 1. The summed E-state index contributed by atoms with van der Waals surface area (Å²) >= 11 is 4.67. The maximum atomic E-state index is 12.2. The van der Waals surface area contributed by atoms with Crippen molar-refractivity contribution < 1.29 is 9.59 Å². The van der Waals surface area contributed by atoms with Gasteiger partial charge in [0.15, 0.2) is 0 Å². The monoisotopic (exact) mass is 373 g/mol. The summed E-state index contributed by atoms with van der Waals surface area (Å²) in [5.41, 5.74) is 0. The van der Waals surface area contributed by atoms with Gasteiger partial charge in [-0.05, 0) is 60.4 Å². The molecule has 1 aliphatic heterocycles. The molecule has 3 atom stereocenters. The Morgan fingerprint density at radius 3 is 2.86 bits per heavy atom. The number of hydrogen-bond donors (Lipinski definition) is 3. The molecule has 7 heteroatoms. The maximum Gasteiger partial charge on any atom is 0.262 e. The summed E-state index contributed by atoms with van der Waals surface area (Å²) in [6.07, 6.45) is 0.922. The molecule has 1 aromatic heterocycles. The highest BCUT2D eigenvalue weighted by Crippen LogP contribution is 2.21. The van der Waals surface area contributed by atoms with E-state index in [9.17, 15) is 9.59 Å². The van der Waals surface area contributed by atoms with Gasteiger partial charge in [-0.2, -0.15) is 0 Å². The third kappa shape index (κ3) is 4.52. The maximum absolute atomic E-state index is 12.2. The van der Waals surface area contributed by atoms with Crippen LogP contribution in [0.15, 0.2) is 15.9 Å². The molecular formula is C14H20BrN3O2S. The zero-order valence-electron chi connectivity index (χ0n) is 12.1. The minimum atomic E-state index is -0.541. The Bertz CT molecular complexity index is 520. The van der Waals surface area contributed by atoms with E-state index < -0.39 is 6.04 Å². The summed E-state index contributed by atoms with van der Waals surface area (Å²) in [7, 11) is 0. The molecule has 0 bridgehead atoms. The van der Waals surface area contributed by atoms with Crippen molar-refractivity contribution >= 4 is 39.1 Å². The lowest BCUT2D eigenvalue weighted by Crippen LogP contribution is -2.53. The third-order valence-corrected chi connectivity index (χ3v) is 5.27. The topological polar surface area (TPSA) is 70.2 Å². The number of carbonyl (C=O) groups excluding carboxylic acids is 2. The van der Waals surface area contributed by atoms with Gasteiger partial charge in [0.25, 0.3) is 5.91 Å². The van der Waals surface area contributed by atoms with E-state index >= 15 is 0 Å². The molecule has 1 aromatic rings. The lowest BCUT2D eigenvalue weighted by atomic mass is 9.95. The van der Waals surface area contributed by atoms with E-state index in [1.54, 1.807) is 13.0 Å². The Hall–Kier alpha value is -0.920. The number of nitrogens with one attached hydrogen (secondary N) is 3. The molecule has 1 aliphatic rings. The van der Waals surface area contributed by atoms with Crippen LogP contribution < -0.4 is 16.0 Å². The molecular weight excluding hydrogens is 354 g/mol. The zero-order chi connectivity index (χ0) is 15.4. The van der Waals surface area contributed by atoms with Crippen molar-refractivity contribution in [1.29, 1.82) is 0 Å². The first-order valence-corrected chi connectivity index (χ1v) is 8.65. The predicted octanol–water partition coefficient (Wildman–Crippen LogP) is 1.74. The second kappa shape index (κ2) is 7.38. The van der Waals surface area contributed by atoms with Crippen LogP contribution in [0.25, 0.3) is 0 Å². The van der Waals surface area contributed by atoms with Crippen molar-refractivity contribution in [2.75, 3.05) is 13.1 Å². The number of carbonyl (C=O) groups is 2. The molecule has 0 saturated carbocycles. The largest absolute Gasteiger partial charge is 0.351 e. The normalized spacial score (nSPS) is 23.4. The van der Waals surface area contributed by atoms with Gasteiger partial charge in [-0.25, -0.2) is 0 Å².